The fourth-order valence-corrected chi connectivity index (χ4v) is 4.50. The Bertz CT molecular complexity index is 1080. The van der Waals surface area contributed by atoms with Gasteiger partial charge in [0, 0.05) is 49.3 Å². The van der Waals surface area contributed by atoms with E-state index in [1.807, 2.05) is 6.07 Å². The smallest absolute Gasteiger partial charge is 0.264 e. The van der Waals surface area contributed by atoms with Crippen LogP contribution in [-0.4, -0.2) is 46.5 Å². The van der Waals surface area contributed by atoms with E-state index in [1.54, 1.807) is 18.5 Å². The largest absolute Gasteiger partial charge is 0.416 e. The highest BCUT2D eigenvalue weighted by atomic mass is 32.2. The van der Waals surface area contributed by atoms with Crippen LogP contribution in [0.2, 0.25) is 0 Å². The van der Waals surface area contributed by atoms with E-state index in [1.165, 1.54) is 50.5 Å². The molecule has 0 saturated carbocycles. The zero-order valence-corrected chi connectivity index (χ0v) is 17.7. The first kappa shape index (κ1) is 22.3. The van der Waals surface area contributed by atoms with E-state index in [0.29, 0.717) is 16.3 Å². The highest BCUT2D eigenvalue weighted by Crippen LogP contribution is 2.33. The van der Waals surface area contributed by atoms with Gasteiger partial charge in [-0.2, -0.15) is 25.9 Å². The number of alkyl halides is 3. The molecule has 0 saturated heterocycles. The third-order valence-corrected chi connectivity index (χ3v) is 7.11. The molecule has 0 aliphatic rings. The summed E-state index contributed by atoms with van der Waals surface area (Å²) < 4.78 is 65.1. The summed E-state index contributed by atoms with van der Waals surface area (Å²) in [7, 11) is -0.850. The zero-order chi connectivity index (χ0) is 21.9. The molecular formula is C19H19F3N4O2S2. The zero-order valence-electron chi connectivity index (χ0n) is 16.1. The van der Waals surface area contributed by atoms with Gasteiger partial charge in [-0.25, -0.2) is 8.96 Å². The van der Waals surface area contributed by atoms with E-state index in [2.05, 4.69) is 9.97 Å². The lowest BCUT2D eigenvalue weighted by molar-refractivity contribution is -0.137. The first-order valence-corrected chi connectivity index (χ1v) is 11.1. The Balaban J connectivity index is 1.85. The van der Waals surface area contributed by atoms with E-state index < -0.39 is 21.9 Å². The summed E-state index contributed by atoms with van der Waals surface area (Å²) in [5.74, 6) is 0.139. The Hall–Kier alpha value is -2.37. The second-order valence-corrected chi connectivity index (χ2v) is 9.73. The normalized spacial score (nSPS) is 13.5. The number of nitrogens with zero attached hydrogens (tertiary/aromatic N) is 4. The van der Waals surface area contributed by atoms with Gasteiger partial charge < -0.3 is 0 Å². The number of benzene rings is 1. The molecule has 0 fully saturated rings. The third-order valence-electron chi connectivity index (χ3n) is 4.35. The summed E-state index contributed by atoms with van der Waals surface area (Å²) in [4.78, 5) is 9.04. The van der Waals surface area contributed by atoms with Crippen LogP contribution in [0.4, 0.5) is 13.2 Å². The van der Waals surface area contributed by atoms with Crippen LogP contribution in [0.1, 0.15) is 22.7 Å². The minimum atomic E-state index is -4.38. The molecule has 6 nitrogen and oxygen atoms in total. The molecule has 160 valence electrons. The second kappa shape index (κ2) is 8.78. The Kier molecular flexibility index (Phi) is 6.53. The fraction of sp³-hybridized carbons (Fsp3) is 0.263. The van der Waals surface area contributed by atoms with Crippen LogP contribution in [0, 0.1) is 0 Å². The quantitative estimate of drug-likeness (QED) is 0.505. The summed E-state index contributed by atoms with van der Waals surface area (Å²) in [5.41, 5.74) is 0.639. The lowest BCUT2D eigenvalue weighted by atomic mass is 10.0. The molecule has 11 heteroatoms. The van der Waals surface area contributed by atoms with Crippen LogP contribution in [0.15, 0.2) is 66.2 Å². The second-order valence-electron chi connectivity index (χ2n) is 6.59. The molecule has 30 heavy (non-hydrogen) atoms. The summed E-state index contributed by atoms with van der Waals surface area (Å²) in [5, 5.41) is 0. The maximum absolute atomic E-state index is 12.8. The van der Waals surface area contributed by atoms with Crippen molar-refractivity contribution >= 4 is 22.0 Å². The highest BCUT2D eigenvalue weighted by Gasteiger charge is 2.30. The van der Waals surface area contributed by atoms with Gasteiger partial charge in [0.05, 0.1) is 11.3 Å². The Morgan fingerprint density at radius 3 is 2.43 bits per heavy atom. The number of hydrogen-bond acceptors (Lipinski definition) is 5. The molecule has 0 amide bonds. The van der Waals surface area contributed by atoms with Crippen molar-refractivity contribution in [3.63, 3.8) is 0 Å². The lowest BCUT2D eigenvalue weighted by Crippen LogP contribution is -2.27. The van der Waals surface area contributed by atoms with Crippen molar-refractivity contribution in [2.24, 2.45) is 0 Å². The van der Waals surface area contributed by atoms with Crippen LogP contribution in [0.25, 0.3) is 0 Å². The highest BCUT2D eigenvalue weighted by molar-refractivity contribution is 7.99. The van der Waals surface area contributed by atoms with E-state index in [4.69, 9.17) is 0 Å². The molecule has 2 heterocycles. The Morgan fingerprint density at radius 1 is 1.17 bits per heavy atom. The van der Waals surface area contributed by atoms with E-state index in [0.717, 1.165) is 26.0 Å². The predicted octanol–water partition coefficient (Wildman–Crippen LogP) is 3.88. The molecule has 1 atom stereocenters. The van der Waals surface area contributed by atoms with Gasteiger partial charge in [0.1, 0.15) is 6.33 Å². The minimum Gasteiger partial charge on any atom is -0.264 e. The molecule has 1 unspecified atom stereocenters. The van der Waals surface area contributed by atoms with Crippen LogP contribution < -0.4 is 0 Å². The molecule has 0 spiro atoms. The van der Waals surface area contributed by atoms with Crippen LogP contribution in [-0.2, 0) is 16.4 Å². The number of imidazole rings is 1. The number of halogens is 3. The van der Waals surface area contributed by atoms with E-state index >= 15 is 0 Å². The molecule has 3 aromatic rings. The topological polar surface area (TPSA) is 68.1 Å². The molecule has 0 radical (unpaired) electrons. The van der Waals surface area contributed by atoms with Crippen LogP contribution in [0.5, 0.6) is 0 Å². The Morgan fingerprint density at radius 2 is 1.87 bits per heavy atom. The van der Waals surface area contributed by atoms with Gasteiger partial charge in [-0.3, -0.25) is 4.98 Å². The molecule has 3 rings (SSSR count). The van der Waals surface area contributed by atoms with Gasteiger partial charge in [-0.1, -0.05) is 6.07 Å². The van der Waals surface area contributed by atoms with Crippen molar-refractivity contribution < 1.29 is 21.6 Å². The number of aromatic nitrogens is 3. The van der Waals surface area contributed by atoms with Gasteiger partial charge >= 0.3 is 16.4 Å². The van der Waals surface area contributed by atoms with E-state index in [-0.39, 0.29) is 5.92 Å². The van der Waals surface area contributed by atoms with Gasteiger partial charge in [-0.05, 0) is 35.9 Å². The molecule has 0 N–H and O–H groups in total. The molecule has 0 aliphatic carbocycles. The average Bonchev–Trinajstić information content (AvgIpc) is 3.19. The first-order chi connectivity index (χ1) is 14.1. The molecule has 0 aliphatic heterocycles. The summed E-state index contributed by atoms with van der Waals surface area (Å²) in [6, 6.07) is 8.54. The molecule has 1 aromatic carbocycles. The minimum absolute atomic E-state index is 0.301. The molecular weight excluding hydrogens is 437 g/mol. The lowest BCUT2D eigenvalue weighted by Gasteiger charge is -2.15. The maximum atomic E-state index is 12.8. The third kappa shape index (κ3) is 5.02. The maximum Gasteiger partial charge on any atom is 0.416 e. The van der Waals surface area contributed by atoms with Crippen molar-refractivity contribution in [1.82, 2.24) is 18.2 Å². The van der Waals surface area contributed by atoms with Crippen LogP contribution >= 0.6 is 11.8 Å². The van der Waals surface area contributed by atoms with Gasteiger partial charge in [0.15, 0.2) is 0 Å². The predicted molar refractivity (Wildman–Crippen MR) is 108 cm³/mol. The standard InChI is InChI=1S/C19H19F3N4O2S2/c1-25(2)30(27,28)26-11-18(24-13-26)17(14-4-3-9-23-10-14)12-29-16-7-5-15(6-8-16)19(20,21)22/h3-11,13,17H,12H2,1-2H3. The number of rotatable bonds is 7. The average molecular weight is 457 g/mol. The van der Waals surface area contributed by atoms with Gasteiger partial charge in [0.2, 0.25) is 0 Å². The van der Waals surface area contributed by atoms with Crippen molar-refractivity contribution in [2.75, 3.05) is 19.8 Å². The number of pyridine rings is 1. The SMILES string of the molecule is CN(C)S(=O)(=O)n1cnc(C(CSc2ccc(C(F)(F)F)cc2)c2cccnc2)c1. The summed E-state index contributed by atoms with van der Waals surface area (Å²) >= 11 is 1.36. The van der Waals surface area contributed by atoms with Crippen molar-refractivity contribution in [1.29, 1.82) is 0 Å². The van der Waals surface area contributed by atoms with Crippen LogP contribution in [0.3, 0.4) is 0 Å². The summed E-state index contributed by atoms with van der Waals surface area (Å²) in [6.07, 6.45) is 1.58. The summed E-state index contributed by atoms with van der Waals surface area (Å²) in [6.45, 7) is 0. The van der Waals surface area contributed by atoms with Crippen molar-refractivity contribution in [3.05, 3.63) is 78.1 Å². The van der Waals surface area contributed by atoms with Crippen molar-refractivity contribution in [2.45, 2.75) is 17.0 Å². The van der Waals surface area contributed by atoms with Gasteiger partial charge in [0.25, 0.3) is 0 Å². The molecule has 2 aromatic heterocycles. The number of thioether (sulfide) groups is 1. The number of hydrogen-bond donors (Lipinski definition) is 0. The van der Waals surface area contributed by atoms with Gasteiger partial charge in [-0.15, -0.1) is 11.8 Å². The van der Waals surface area contributed by atoms with E-state index in [9.17, 15) is 21.6 Å². The monoisotopic (exact) mass is 456 g/mol. The fourth-order valence-electron chi connectivity index (χ4n) is 2.67. The molecule has 0 bridgehead atoms. The van der Waals surface area contributed by atoms with Crippen molar-refractivity contribution in [3.8, 4) is 0 Å². The Labute approximate surface area is 177 Å². The first-order valence-electron chi connectivity index (χ1n) is 8.76.